The van der Waals surface area contributed by atoms with Crippen LogP contribution in [-0.2, 0) is 57.5 Å². The predicted octanol–water partition coefficient (Wildman–Crippen LogP) is 6.78. The lowest BCUT2D eigenvalue weighted by Gasteiger charge is -2.37. The first-order valence-corrected chi connectivity index (χ1v) is 23.6. The average molecular weight is 932 g/mol. The van der Waals surface area contributed by atoms with Gasteiger partial charge < -0.3 is 43.2 Å². The maximum atomic E-state index is 14.1. The smallest absolute Gasteiger partial charge is 0.408 e. The van der Waals surface area contributed by atoms with E-state index in [2.05, 4.69) is 60.0 Å². The molecule has 0 unspecified atom stereocenters. The lowest BCUT2D eigenvalue weighted by molar-refractivity contribution is -0.150. The van der Waals surface area contributed by atoms with E-state index in [-0.39, 0.29) is 37.3 Å². The number of alkyl carbamates (subject to hydrolysis) is 1. The SMILES string of the molecule is COC(=O)[C@@H]1CCCN(C(=O)[C@H](Cc2nc(-c3cc4c5c(c3)c(CC(C)(C)COC(C)=O)c(-c3cc(N6C[C@H](C)O[C@@H](C)C6)cnc3[C@H](C)OC)n5CCO4)cs2)NC(=O)OC(C)(C)C)N1. The number of nitrogens with zero attached hydrogens (tertiary/aromatic N) is 5. The highest BCUT2D eigenvalue weighted by atomic mass is 32.1. The first-order chi connectivity index (χ1) is 31.2. The lowest BCUT2D eigenvalue weighted by Crippen LogP contribution is -2.60. The van der Waals surface area contributed by atoms with E-state index in [4.69, 9.17) is 38.4 Å². The monoisotopic (exact) mass is 931 g/mol. The zero-order valence-electron chi connectivity index (χ0n) is 40.1. The zero-order valence-corrected chi connectivity index (χ0v) is 40.9. The summed E-state index contributed by atoms with van der Waals surface area (Å²) in [5, 5.41) is 7.65. The zero-order chi connectivity index (χ0) is 47.7. The molecule has 1 aromatic carbocycles. The van der Waals surface area contributed by atoms with Crippen molar-refractivity contribution in [2.24, 2.45) is 5.41 Å². The molecule has 18 heteroatoms. The number of nitrogens with one attached hydrogen (secondary N) is 2. The summed E-state index contributed by atoms with van der Waals surface area (Å²) in [5.74, 6) is -0.546. The fraction of sp³-hybridized carbons (Fsp3) is 0.583. The molecule has 0 radical (unpaired) electrons. The molecule has 4 aromatic rings. The summed E-state index contributed by atoms with van der Waals surface area (Å²) in [6.45, 7) is 20.1. The third kappa shape index (κ3) is 11.1. The molecule has 66 heavy (non-hydrogen) atoms. The number of rotatable bonds is 14. The first-order valence-electron chi connectivity index (χ1n) is 22.7. The number of carbonyl (C=O) groups excluding carboxylic acids is 4. The van der Waals surface area contributed by atoms with E-state index in [1.54, 1.807) is 27.9 Å². The molecule has 3 aliphatic rings. The molecule has 5 atom stereocenters. The Morgan fingerprint density at radius 2 is 1.79 bits per heavy atom. The van der Waals surface area contributed by atoms with Gasteiger partial charge in [-0.2, -0.15) is 0 Å². The number of morpholine rings is 1. The Morgan fingerprint density at radius 3 is 2.47 bits per heavy atom. The molecule has 2 N–H and O–H groups in total. The van der Waals surface area contributed by atoms with Gasteiger partial charge in [-0.1, -0.05) is 13.8 Å². The second-order valence-corrected chi connectivity index (χ2v) is 20.3. The van der Waals surface area contributed by atoms with E-state index in [0.717, 1.165) is 57.8 Å². The Labute approximate surface area is 390 Å². The minimum Gasteiger partial charge on any atom is -0.489 e. The summed E-state index contributed by atoms with van der Waals surface area (Å²) in [6.07, 6.45) is 2.64. The van der Waals surface area contributed by atoms with Gasteiger partial charge in [0.15, 0.2) is 0 Å². The van der Waals surface area contributed by atoms with E-state index >= 15 is 0 Å². The Hall–Kier alpha value is -5.30. The van der Waals surface area contributed by atoms with Gasteiger partial charge in [-0.15, -0.1) is 11.3 Å². The highest BCUT2D eigenvalue weighted by Crippen LogP contribution is 2.47. The molecule has 0 bridgehead atoms. The summed E-state index contributed by atoms with van der Waals surface area (Å²) in [7, 11) is 3.00. The molecule has 0 saturated carbocycles. The highest BCUT2D eigenvalue weighted by molar-refractivity contribution is 7.10. The molecule has 2 fully saturated rings. The Bertz CT molecular complexity index is 2430. The number of esters is 2. The summed E-state index contributed by atoms with van der Waals surface area (Å²) in [6, 6.07) is 4.61. The van der Waals surface area contributed by atoms with Crippen molar-refractivity contribution < 1.29 is 47.6 Å². The number of aromatic nitrogens is 3. The summed E-state index contributed by atoms with van der Waals surface area (Å²) in [4.78, 5) is 64.3. The van der Waals surface area contributed by atoms with E-state index in [1.165, 1.54) is 30.4 Å². The first kappa shape index (κ1) is 48.6. The van der Waals surface area contributed by atoms with Crippen LogP contribution in [0.25, 0.3) is 33.4 Å². The van der Waals surface area contributed by atoms with Crippen LogP contribution in [0.2, 0.25) is 0 Å². The Morgan fingerprint density at radius 1 is 1.05 bits per heavy atom. The van der Waals surface area contributed by atoms with Crippen molar-refractivity contribution in [2.75, 3.05) is 52.0 Å². The normalized spacial score (nSPS) is 19.8. The van der Waals surface area contributed by atoms with Crippen LogP contribution in [0.1, 0.15) is 97.5 Å². The molecule has 7 rings (SSSR count). The molecule has 2 saturated heterocycles. The molecule has 0 aliphatic carbocycles. The molecule has 3 aliphatic heterocycles. The topological polar surface area (TPSA) is 185 Å². The fourth-order valence-corrected chi connectivity index (χ4v) is 9.87. The van der Waals surface area contributed by atoms with Crippen LogP contribution in [0.4, 0.5) is 10.5 Å². The Balaban J connectivity index is 1.32. The molecule has 2 amide bonds. The van der Waals surface area contributed by atoms with Crippen molar-refractivity contribution in [2.45, 2.75) is 131 Å². The van der Waals surface area contributed by atoms with Crippen LogP contribution >= 0.6 is 11.3 Å². The fourth-order valence-electron chi connectivity index (χ4n) is 9.02. The van der Waals surface area contributed by atoms with Gasteiger partial charge in [0, 0.05) is 67.4 Å². The number of amides is 2. The van der Waals surface area contributed by atoms with Crippen molar-refractivity contribution in [3.05, 3.63) is 46.0 Å². The van der Waals surface area contributed by atoms with Crippen LogP contribution in [0, 0.1) is 5.41 Å². The second kappa shape index (κ2) is 19.9. The number of hydrogen-bond donors (Lipinski definition) is 2. The van der Waals surface area contributed by atoms with Crippen molar-refractivity contribution in [3.8, 4) is 28.3 Å². The minimum absolute atomic E-state index is 0.0499. The maximum Gasteiger partial charge on any atom is 0.408 e. The summed E-state index contributed by atoms with van der Waals surface area (Å²) >= 11 is 1.37. The quantitative estimate of drug-likeness (QED) is 0.0997. The lowest BCUT2D eigenvalue weighted by atomic mass is 9.84. The average Bonchev–Trinajstić information content (AvgIpc) is 3.86. The van der Waals surface area contributed by atoms with E-state index in [9.17, 15) is 19.2 Å². The number of anilines is 1. The van der Waals surface area contributed by atoms with Gasteiger partial charge in [-0.25, -0.2) is 15.2 Å². The summed E-state index contributed by atoms with van der Waals surface area (Å²) < 4.78 is 37.0. The van der Waals surface area contributed by atoms with Crippen LogP contribution < -0.4 is 20.4 Å². The van der Waals surface area contributed by atoms with Crippen molar-refractivity contribution >= 4 is 51.9 Å². The number of hydrogen-bond acceptors (Lipinski definition) is 15. The molecule has 17 nitrogen and oxygen atoms in total. The number of carbonyl (C=O) groups is 4. The van der Waals surface area contributed by atoms with Gasteiger partial charge in [-0.05, 0) is 84.6 Å². The van der Waals surface area contributed by atoms with E-state index in [1.807, 2.05) is 24.6 Å². The third-order valence-electron chi connectivity index (χ3n) is 12.0. The van der Waals surface area contributed by atoms with Crippen LogP contribution in [0.3, 0.4) is 0 Å². The van der Waals surface area contributed by atoms with E-state index < -0.39 is 41.1 Å². The van der Waals surface area contributed by atoms with Gasteiger partial charge in [0.05, 0.1) is 78.1 Å². The molecular formula is C48H65N7O10S. The van der Waals surface area contributed by atoms with Crippen molar-refractivity contribution in [3.63, 3.8) is 0 Å². The predicted molar refractivity (Wildman–Crippen MR) is 250 cm³/mol. The van der Waals surface area contributed by atoms with Gasteiger partial charge in [0.1, 0.15) is 30.0 Å². The van der Waals surface area contributed by atoms with Crippen LogP contribution in [0.5, 0.6) is 5.75 Å². The van der Waals surface area contributed by atoms with Crippen molar-refractivity contribution in [1.82, 2.24) is 30.3 Å². The minimum atomic E-state index is -1.06. The highest BCUT2D eigenvalue weighted by Gasteiger charge is 2.36. The third-order valence-corrected chi connectivity index (χ3v) is 12.8. The maximum absolute atomic E-state index is 14.1. The van der Waals surface area contributed by atoms with E-state index in [0.29, 0.717) is 55.4 Å². The molecular weight excluding hydrogens is 867 g/mol. The molecule has 0 spiro atoms. The largest absolute Gasteiger partial charge is 0.489 e. The summed E-state index contributed by atoms with van der Waals surface area (Å²) in [5.41, 5.74) is 8.90. The van der Waals surface area contributed by atoms with Gasteiger partial charge in [0.2, 0.25) is 0 Å². The van der Waals surface area contributed by atoms with Gasteiger partial charge in [0.25, 0.3) is 5.91 Å². The number of pyridine rings is 1. The molecule has 6 heterocycles. The van der Waals surface area contributed by atoms with Crippen LogP contribution in [0.15, 0.2) is 29.8 Å². The number of methoxy groups -OCH3 is 2. The standard InChI is InChI=1S/C48H65N7O10S/c1-27-23-53(24-28(2)64-27)32-19-34(41(49-22-32)29(3)60-10)42-35(21-48(8,9)26-63-30(4)56)33-17-31(18-39-43(33)54(42)15-16-62-39)38-25-66-40(50-38)20-37(51-46(59)65-47(5,6)7)44(57)55-14-12-13-36(52-55)45(58)61-11/h17-19,22,25,27-29,36-37,52H,12-16,20-21,23-24,26H2,1-11H3,(H,51,59)/t27-,28-,29-,36-,37-/m0/s1. The number of thiazole rings is 1. The molecule has 3 aromatic heterocycles. The second-order valence-electron chi connectivity index (χ2n) is 19.4. The molecule has 358 valence electrons. The van der Waals surface area contributed by atoms with Gasteiger partial charge in [-0.3, -0.25) is 24.4 Å². The Kier molecular flexibility index (Phi) is 14.7. The van der Waals surface area contributed by atoms with Gasteiger partial charge >= 0.3 is 18.0 Å². The number of benzene rings is 1. The number of ether oxygens (including phenoxy) is 6. The van der Waals surface area contributed by atoms with Crippen LogP contribution in [-0.4, -0.2) is 120 Å². The number of hydrazine groups is 1. The van der Waals surface area contributed by atoms with Crippen molar-refractivity contribution in [1.29, 1.82) is 0 Å².